The molecule has 0 fully saturated rings. The van der Waals surface area contributed by atoms with Crippen LogP contribution in [0.5, 0.6) is 0 Å². The molecule has 3 rings (SSSR count). The van der Waals surface area contributed by atoms with Crippen molar-refractivity contribution < 1.29 is 32.2 Å². The van der Waals surface area contributed by atoms with Gasteiger partial charge in [-0.05, 0) is 42.3 Å². The molecular weight excluding hydrogens is 401 g/mol. The fourth-order valence-electron chi connectivity index (χ4n) is 3.24. The molecule has 2 unspecified atom stereocenters. The number of esters is 1. The first-order chi connectivity index (χ1) is 14.3. The Bertz CT molecular complexity index is 934. The number of benzene rings is 1. The Hall–Kier alpha value is -3.23. The van der Waals surface area contributed by atoms with Crippen LogP contribution in [-0.2, 0) is 25.2 Å². The van der Waals surface area contributed by atoms with E-state index in [4.69, 9.17) is 9.47 Å². The number of methoxy groups -OCH3 is 1. The van der Waals surface area contributed by atoms with Crippen molar-refractivity contribution in [3.63, 3.8) is 0 Å². The van der Waals surface area contributed by atoms with E-state index in [9.17, 15) is 22.8 Å². The zero-order valence-corrected chi connectivity index (χ0v) is 16.4. The molecule has 0 aromatic heterocycles. The zero-order chi connectivity index (χ0) is 21.9. The second kappa shape index (κ2) is 8.64. The third-order valence-electron chi connectivity index (χ3n) is 4.80. The Morgan fingerprint density at radius 3 is 2.77 bits per heavy atom. The minimum absolute atomic E-state index is 0.0380. The summed E-state index contributed by atoms with van der Waals surface area (Å²) in [6.07, 6.45) is 0.308. The van der Waals surface area contributed by atoms with Gasteiger partial charge in [0.25, 0.3) is 0 Å². The maximum Gasteiger partial charge on any atom is 0.416 e. The van der Waals surface area contributed by atoms with E-state index >= 15 is 0 Å². The summed E-state index contributed by atoms with van der Waals surface area (Å²) in [5.74, 6) is -1.11. The lowest BCUT2D eigenvalue weighted by Gasteiger charge is -2.20. The van der Waals surface area contributed by atoms with Crippen molar-refractivity contribution in [1.82, 2.24) is 10.6 Å². The van der Waals surface area contributed by atoms with Crippen LogP contribution in [0.1, 0.15) is 30.9 Å². The quantitative estimate of drug-likeness (QED) is 0.686. The van der Waals surface area contributed by atoms with Gasteiger partial charge in [-0.15, -0.1) is 0 Å². The molecule has 0 spiro atoms. The van der Waals surface area contributed by atoms with Gasteiger partial charge < -0.3 is 20.1 Å². The highest BCUT2D eigenvalue weighted by Gasteiger charge is 2.40. The molecule has 30 heavy (non-hydrogen) atoms. The largest absolute Gasteiger partial charge is 0.467 e. The number of ether oxygens (including phenoxy) is 2. The van der Waals surface area contributed by atoms with Gasteiger partial charge in [0.15, 0.2) is 12.0 Å². The van der Waals surface area contributed by atoms with E-state index in [1.54, 1.807) is 25.4 Å². The Morgan fingerprint density at radius 1 is 1.40 bits per heavy atom. The SMILES string of the molecule is CCC(NC1=C(c2cccc(C(F)(F)F)c2)C(=O)C(C2=CNC=CC2)O1)C(=O)OC. The monoisotopic (exact) mass is 422 g/mol. The van der Waals surface area contributed by atoms with Crippen molar-refractivity contribution in [1.29, 1.82) is 0 Å². The lowest BCUT2D eigenvalue weighted by molar-refractivity contribution is -0.143. The van der Waals surface area contributed by atoms with Crippen LogP contribution in [0.4, 0.5) is 13.2 Å². The van der Waals surface area contributed by atoms with Gasteiger partial charge >= 0.3 is 12.1 Å². The summed E-state index contributed by atoms with van der Waals surface area (Å²) >= 11 is 0. The van der Waals surface area contributed by atoms with Crippen LogP contribution >= 0.6 is 0 Å². The number of halogens is 3. The number of hydrogen-bond donors (Lipinski definition) is 2. The first kappa shape index (κ1) is 21.5. The van der Waals surface area contributed by atoms with Crippen LogP contribution in [0.15, 0.2) is 54.2 Å². The maximum atomic E-state index is 13.2. The summed E-state index contributed by atoms with van der Waals surface area (Å²) in [5, 5.41) is 5.71. The van der Waals surface area contributed by atoms with Gasteiger partial charge in [-0.3, -0.25) is 4.79 Å². The van der Waals surface area contributed by atoms with E-state index in [0.717, 1.165) is 12.1 Å². The van der Waals surface area contributed by atoms with Crippen molar-refractivity contribution in [2.75, 3.05) is 7.11 Å². The lowest BCUT2D eigenvalue weighted by Crippen LogP contribution is -2.37. The lowest BCUT2D eigenvalue weighted by atomic mass is 9.94. The van der Waals surface area contributed by atoms with E-state index in [2.05, 4.69) is 10.6 Å². The number of carbonyl (C=O) groups is 2. The van der Waals surface area contributed by atoms with Crippen LogP contribution in [-0.4, -0.2) is 31.0 Å². The summed E-state index contributed by atoms with van der Waals surface area (Å²) in [7, 11) is 1.23. The summed E-state index contributed by atoms with van der Waals surface area (Å²) in [6.45, 7) is 1.73. The molecule has 2 aliphatic heterocycles. The number of ketones is 1. The summed E-state index contributed by atoms with van der Waals surface area (Å²) < 4.78 is 50.2. The molecule has 1 aromatic carbocycles. The molecule has 2 atom stereocenters. The molecule has 0 amide bonds. The fraction of sp³-hybridized carbons (Fsp3) is 0.333. The smallest absolute Gasteiger partial charge is 0.416 e. The standard InChI is InChI=1S/C21H21F3N2O4/c1-3-15(20(28)29-2)26-19-16(12-6-4-8-14(10-12)21(22,23)24)17(27)18(30-19)13-7-5-9-25-11-13/h4-6,8-11,15,18,25-26H,3,7H2,1-2H3. The average Bonchev–Trinajstić information content (AvgIpc) is 3.07. The summed E-state index contributed by atoms with van der Waals surface area (Å²) in [5.41, 5.74) is -0.247. The first-order valence-corrected chi connectivity index (χ1v) is 9.33. The van der Waals surface area contributed by atoms with Crippen LogP contribution < -0.4 is 10.6 Å². The third kappa shape index (κ3) is 4.34. The molecule has 2 heterocycles. The third-order valence-corrected chi connectivity index (χ3v) is 4.80. The van der Waals surface area contributed by atoms with Crippen molar-refractivity contribution in [3.8, 4) is 0 Å². The molecule has 0 aliphatic carbocycles. The van der Waals surface area contributed by atoms with E-state index in [-0.39, 0.29) is 17.0 Å². The van der Waals surface area contributed by atoms with Gasteiger partial charge in [-0.25, -0.2) is 4.79 Å². The first-order valence-electron chi connectivity index (χ1n) is 9.33. The average molecular weight is 422 g/mol. The van der Waals surface area contributed by atoms with Gasteiger partial charge in [-0.1, -0.05) is 25.1 Å². The summed E-state index contributed by atoms with van der Waals surface area (Å²) in [6, 6.07) is 3.63. The Morgan fingerprint density at radius 2 is 2.17 bits per heavy atom. The number of dihydropyridines is 1. The number of Topliss-reactive ketones (excluding diaryl/α,β-unsaturated/α-hetero) is 1. The van der Waals surface area contributed by atoms with Crippen molar-refractivity contribution >= 4 is 17.3 Å². The normalized spacial score (nSPS) is 19.7. The maximum absolute atomic E-state index is 13.2. The van der Waals surface area contributed by atoms with Crippen LogP contribution in [0, 0.1) is 0 Å². The molecule has 6 nitrogen and oxygen atoms in total. The van der Waals surface area contributed by atoms with E-state index < -0.39 is 35.6 Å². The Labute approximate surface area is 171 Å². The minimum atomic E-state index is -4.56. The molecule has 0 saturated heterocycles. The molecule has 2 aliphatic rings. The summed E-state index contributed by atoms with van der Waals surface area (Å²) in [4.78, 5) is 25.2. The predicted octanol–water partition coefficient (Wildman–Crippen LogP) is 3.27. The van der Waals surface area contributed by atoms with Crippen molar-refractivity contribution in [3.05, 3.63) is 65.3 Å². The minimum Gasteiger partial charge on any atom is -0.467 e. The number of allylic oxidation sites excluding steroid dienone is 1. The molecule has 1 aromatic rings. The number of alkyl halides is 3. The fourth-order valence-corrected chi connectivity index (χ4v) is 3.24. The topological polar surface area (TPSA) is 76.7 Å². The Balaban J connectivity index is 2.03. The van der Waals surface area contributed by atoms with Gasteiger partial charge in [0.2, 0.25) is 5.78 Å². The molecule has 0 saturated carbocycles. The Kier molecular flexibility index (Phi) is 6.19. The molecular formula is C21H21F3N2O4. The van der Waals surface area contributed by atoms with Gasteiger partial charge in [0.1, 0.15) is 6.04 Å². The number of hydrogen-bond acceptors (Lipinski definition) is 6. The highest BCUT2D eigenvalue weighted by molar-refractivity contribution is 6.26. The second-order valence-corrected chi connectivity index (χ2v) is 6.77. The van der Waals surface area contributed by atoms with Gasteiger partial charge in [-0.2, -0.15) is 13.2 Å². The number of nitrogens with one attached hydrogen (secondary N) is 2. The van der Waals surface area contributed by atoms with Crippen molar-refractivity contribution in [2.24, 2.45) is 0 Å². The molecule has 0 bridgehead atoms. The second-order valence-electron chi connectivity index (χ2n) is 6.77. The number of carbonyl (C=O) groups excluding carboxylic acids is 2. The molecule has 160 valence electrons. The van der Waals surface area contributed by atoms with E-state index in [1.807, 2.05) is 0 Å². The highest BCUT2D eigenvalue weighted by Crippen LogP contribution is 2.36. The van der Waals surface area contributed by atoms with Crippen LogP contribution in [0.25, 0.3) is 5.57 Å². The van der Waals surface area contributed by atoms with Gasteiger partial charge in [0, 0.05) is 6.20 Å². The number of rotatable bonds is 6. The van der Waals surface area contributed by atoms with E-state index in [1.165, 1.54) is 19.2 Å². The van der Waals surface area contributed by atoms with E-state index in [0.29, 0.717) is 18.4 Å². The van der Waals surface area contributed by atoms with Crippen LogP contribution in [0.3, 0.4) is 0 Å². The van der Waals surface area contributed by atoms with Crippen LogP contribution in [0.2, 0.25) is 0 Å². The zero-order valence-electron chi connectivity index (χ0n) is 16.4. The molecule has 9 heteroatoms. The van der Waals surface area contributed by atoms with Gasteiger partial charge in [0.05, 0.1) is 18.2 Å². The van der Waals surface area contributed by atoms with Crippen molar-refractivity contribution in [2.45, 2.75) is 38.1 Å². The molecule has 2 N–H and O–H groups in total. The predicted molar refractivity (Wildman–Crippen MR) is 102 cm³/mol. The highest BCUT2D eigenvalue weighted by atomic mass is 19.4. The molecule has 0 radical (unpaired) electrons.